The summed E-state index contributed by atoms with van der Waals surface area (Å²) in [7, 11) is 0. The molecule has 1 aliphatic rings. The molecule has 9 heteroatoms. The third-order valence-electron chi connectivity index (χ3n) is 4.43. The monoisotopic (exact) mass is 363 g/mol. The maximum absolute atomic E-state index is 14.4. The number of benzene rings is 2. The van der Waals surface area contributed by atoms with Crippen molar-refractivity contribution >= 4 is 0 Å². The lowest BCUT2D eigenvalue weighted by molar-refractivity contribution is 0.158. The van der Waals surface area contributed by atoms with E-state index in [0.717, 1.165) is 24.3 Å². The summed E-state index contributed by atoms with van der Waals surface area (Å²) >= 11 is 0. The molecule has 2 aromatic carbocycles. The van der Waals surface area contributed by atoms with E-state index in [0.29, 0.717) is 18.9 Å². The molecule has 1 unspecified atom stereocenters. The van der Waals surface area contributed by atoms with Gasteiger partial charge in [0.05, 0.1) is 6.54 Å². The van der Waals surface area contributed by atoms with Crippen LogP contribution in [-0.4, -0.2) is 31.7 Å². The van der Waals surface area contributed by atoms with E-state index in [4.69, 9.17) is 0 Å². The molecule has 3 aromatic rings. The van der Waals surface area contributed by atoms with Crippen molar-refractivity contribution in [2.75, 3.05) is 6.54 Å². The van der Waals surface area contributed by atoms with Gasteiger partial charge in [-0.3, -0.25) is 4.90 Å². The van der Waals surface area contributed by atoms with Crippen molar-refractivity contribution in [3.63, 3.8) is 0 Å². The van der Waals surface area contributed by atoms with Crippen LogP contribution in [0.1, 0.15) is 23.0 Å². The van der Waals surface area contributed by atoms with Crippen LogP contribution in [0.5, 0.6) is 0 Å². The molecule has 134 valence electrons. The minimum atomic E-state index is -0.962. The molecular formula is C17H13F4N5. The number of nitrogens with zero attached hydrogens (tertiary/aromatic N) is 5. The molecule has 5 nitrogen and oxygen atoms in total. The molecule has 0 spiro atoms. The molecule has 0 radical (unpaired) electrons. The van der Waals surface area contributed by atoms with Gasteiger partial charge in [0, 0.05) is 24.2 Å². The van der Waals surface area contributed by atoms with Crippen molar-refractivity contribution < 1.29 is 17.6 Å². The van der Waals surface area contributed by atoms with Crippen molar-refractivity contribution in [2.45, 2.75) is 19.1 Å². The van der Waals surface area contributed by atoms with Gasteiger partial charge < -0.3 is 0 Å². The summed E-state index contributed by atoms with van der Waals surface area (Å²) in [5.41, 5.74) is 0.158. The number of fused-ring (bicyclic) bond motifs is 1. The maximum atomic E-state index is 14.4. The lowest BCUT2D eigenvalue weighted by atomic mass is 10.0. The largest absolute Gasteiger partial charge is 0.283 e. The Morgan fingerprint density at radius 3 is 2.69 bits per heavy atom. The smallest absolute Gasteiger partial charge is 0.173 e. The molecule has 0 saturated carbocycles. The van der Waals surface area contributed by atoms with E-state index in [1.54, 1.807) is 4.90 Å². The van der Waals surface area contributed by atoms with Crippen molar-refractivity contribution in [3.8, 4) is 0 Å². The van der Waals surface area contributed by atoms with Crippen LogP contribution in [0.3, 0.4) is 0 Å². The SMILES string of the molecule is Fc1ccc(F)c(C2c3nnnn3CCN2Cc2cccc(F)c2F)c1. The highest BCUT2D eigenvalue weighted by atomic mass is 19.2. The Kier molecular flexibility index (Phi) is 4.15. The molecule has 26 heavy (non-hydrogen) atoms. The van der Waals surface area contributed by atoms with Gasteiger partial charge in [0.25, 0.3) is 0 Å². The summed E-state index contributed by atoms with van der Waals surface area (Å²) in [6, 6.07) is 6.17. The average molecular weight is 363 g/mol. The average Bonchev–Trinajstić information content (AvgIpc) is 3.10. The van der Waals surface area contributed by atoms with Crippen LogP contribution in [0.15, 0.2) is 36.4 Å². The number of hydrogen-bond donors (Lipinski definition) is 0. The Morgan fingerprint density at radius 1 is 1.00 bits per heavy atom. The van der Waals surface area contributed by atoms with Gasteiger partial charge in [-0.2, -0.15) is 0 Å². The zero-order chi connectivity index (χ0) is 18.3. The van der Waals surface area contributed by atoms with Crippen molar-refractivity contribution in [1.29, 1.82) is 0 Å². The molecular weight excluding hydrogens is 350 g/mol. The van der Waals surface area contributed by atoms with Gasteiger partial charge in [-0.1, -0.05) is 12.1 Å². The molecule has 0 amide bonds. The number of rotatable bonds is 3. The second-order valence-electron chi connectivity index (χ2n) is 6.01. The van der Waals surface area contributed by atoms with Crippen molar-refractivity contribution in [1.82, 2.24) is 25.1 Å². The number of tetrazole rings is 1. The molecule has 0 N–H and O–H groups in total. The standard InChI is InChI=1S/C17H13F4N5/c18-11-4-5-13(19)12(8-11)16-17-22-23-24-26(17)7-6-25(16)9-10-2-1-3-14(20)15(10)21/h1-5,8,16H,6-7,9H2. The first kappa shape index (κ1) is 16.6. The Bertz CT molecular complexity index is 958. The predicted molar refractivity (Wildman–Crippen MR) is 82.8 cm³/mol. The predicted octanol–water partition coefficient (Wildman–Crippen LogP) is 2.83. The van der Waals surface area contributed by atoms with E-state index in [-0.39, 0.29) is 17.7 Å². The van der Waals surface area contributed by atoms with Crippen LogP contribution >= 0.6 is 0 Å². The summed E-state index contributed by atoms with van der Waals surface area (Å²) in [5, 5.41) is 11.3. The van der Waals surface area contributed by atoms with E-state index < -0.39 is 29.3 Å². The van der Waals surface area contributed by atoms with Crippen LogP contribution in [0.4, 0.5) is 17.6 Å². The van der Waals surface area contributed by atoms with Crippen LogP contribution in [0, 0.1) is 23.3 Å². The summed E-state index contributed by atoms with van der Waals surface area (Å²) < 4.78 is 57.2. The second kappa shape index (κ2) is 6.49. The van der Waals surface area contributed by atoms with Gasteiger partial charge in [0.1, 0.15) is 17.7 Å². The van der Waals surface area contributed by atoms with Gasteiger partial charge >= 0.3 is 0 Å². The maximum Gasteiger partial charge on any atom is 0.173 e. The quantitative estimate of drug-likeness (QED) is 0.672. The van der Waals surface area contributed by atoms with Crippen molar-refractivity contribution in [2.24, 2.45) is 0 Å². The highest BCUT2D eigenvalue weighted by Crippen LogP contribution is 2.33. The van der Waals surface area contributed by atoms with Crippen molar-refractivity contribution in [3.05, 3.63) is 76.6 Å². The van der Waals surface area contributed by atoms with Crippen LogP contribution in [-0.2, 0) is 13.1 Å². The highest BCUT2D eigenvalue weighted by molar-refractivity contribution is 5.29. The highest BCUT2D eigenvalue weighted by Gasteiger charge is 2.34. The Balaban J connectivity index is 1.78. The van der Waals surface area contributed by atoms with E-state index >= 15 is 0 Å². The van der Waals surface area contributed by atoms with Gasteiger partial charge in [-0.25, -0.2) is 22.2 Å². The lowest BCUT2D eigenvalue weighted by Crippen LogP contribution is -2.39. The first-order valence-corrected chi connectivity index (χ1v) is 7.92. The van der Waals surface area contributed by atoms with Gasteiger partial charge in [0.2, 0.25) is 0 Å². The number of halogens is 4. The van der Waals surface area contributed by atoms with Gasteiger partial charge in [-0.05, 0) is 34.7 Å². The molecule has 1 atom stereocenters. The molecule has 1 aromatic heterocycles. The lowest BCUT2D eigenvalue weighted by Gasteiger charge is -2.35. The molecule has 0 bridgehead atoms. The molecule has 1 aliphatic heterocycles. The third kappa shape index (κ3) is 2.84. The number of hydrogen-bond acceptors (Lipinski definition) is 4. The molecule has 0 aliphatic carbocycles. The minimum absolute atomic E-state index is 0.00290. The van der Waals surface area contributed by atoms with E-state index in [2.05, 4.69) is 15.5 Å². The van der Waals surface area contributed by atoms with E-state index in [1.165, 1.54) is 16.8 Å². The Hall–Kier alpha value is -2.81. The Morgan fingerprint density at radius 2 is 1.85 bits per heavy atom. The molecule has 0 saturated heterocycles. The number of aromatic nitrogens is 4. The summed E-state index contributed by atoms with van der Waals surface area (Å²) in [5.74, 6) is -2.84. The summed E-state index contributed by atoms with van der Waals surface area (Å²) in [4.78, 5) is 1.70. The molecule has 2 heterocycles. The molecule has 0 fully saturated rings. The van der Waals surface area contributed by atoms with Crippen LogP contribution in [0.25, 0.3) is 0 Å². The normalized spacial score (nSPS) is 17.3. The Labute approximate surface area is 145 Å². The summed E-state index contributed by atoms with van der Waals surface area (Å²) in [6.07, 6.45) is 0. The zero-order valence-electron chi connectivity index (χ0n) is 13.4. The van der Waals surface area contributed by atoms with E-state index in [9.17, 15) is 17.6 Å². The fraction of sp³-hybridized carbons (Fsp3) is 0.235. The van der Waals surface area contributed by atoms with Crippen LogP contribution < -0.4 is 0 Å². The fourth-order valence-electron chi connectivity index (χ4n) is 3.20. The second-order valence-corrected chi connectivity index (χ2v) is 6.01. The topological polar surface area (TPSA) is 46.8 Å². The third-order valence-corrected chi connectivity index (χ3v) is 4.43. The summed E-state index contributed by atoms with van der Waals surface area (Å²) in [6.45, 7) is 0.748. The van der Waals surface area contributed by atoms with Gasteiger partial charge in [0.15, 0.2) is 17.5 Å². The van der Waals surface area contributed by atoms with Gasteiger partial charge in [-0.15, -0.1) is 5.10 Å². The zero-order valence-corrected chi connectivity index (χ0v) is 13.4. The minimum Gasteiger partial charge on any atom is -0.283 e. The van der Waals surface area contributed by atoms with E-state index in [1.807, 2.05) is 0 Å². The first-order chi connectivity index (χ1) is 12.5. The van der Waals surface area contributed by atoms with Crippen LogP contribution in [0.2, 0.25) is 0 Å². The first-order valence-electron chi connectivity index (χ1n) is 7.92. The molecule has 4 rings (SSSR count). The fourth-order valence-corrected chi connectivity index (χ4v) is 3.20.